The van der Waals surface area contributed by atoms with E-state index in [1.54, 1.807) is 12.1 Å². The van der Waals surface area contributed by atoms with E-state index in [-0.39, 0.29) is 11.9 Å². The third kappa shape index (κ3) is 2.57. The minimum absolute atomic E-state index is 0.0898. The first-order valence-corrected chi connectivity index (χ1v) is 5.21. The van der Waals surface area contributed by atoms with Crippen LogP contribution in [-0.2, 0) is 0 Å². The third-order valence-corrected chi connectivity index (χ3v) is 2.54. The van der Waals surface area contributed by atoms with Crippen molar-refractivity contribution < 1.29 is 4.79 Å². The van der Waals surface area contributed by atoms with Gasteiger partial charge in [0.1, 0.15) is 5.15 Å². The monoisotopic (exact) mass is 222 g/mol. The second kappa shape index (κ2) is 4.45. The average molecular weight is 223 g/mol. The van der Waals surface area contributed by atoms with Gasteiger partial charge in [0.25, 0.3) is 5.91 Å². The van der Waals surface area contributed by atoms with Crippen LogP contribution < -0.4 is 5.32 Å². The molecule has 1 aliphatic carbocycles. The molecule has 0 saturated heterocycles. The van der Waals surface area contributed by atoms with Crippen LogP contribution in [0, 0.1) is 0 Å². The topological polar surface area (TPSA) is 42.0 Å². The number of hydrogen-bond donors (Lipinski definition) is 1. The van der Waals surface area contributed by atoms with Crippen LogP contribution in [0.4, 0.5) is 0 Å². The number of aromatic nitrogens is 1. The lowest BCUT2D eigenvalue weighted by molar-refractivity contribution is 0.0939. The number of rotatable bonds is 2. The van der Waals surface area contributed by atoms with Crippen molar-refractivity contribution in [2.75, 3.05) is 0 Å². The minimum Gasteiger partial charge on any atom is -0.349 e. The molecule has 1 N–H and O–H groups in total. The largest absolute Gasteiger partial charge is 0.349 e. The van der Waals surface area contributed by atoms with Crippen LogP contribution in [-0.4, -0.2) is 16.9 Å². The molecule has 78 valence electrons. The van der Waals surface area contributed by atoms with Crippen LogP contribution >= 0.6 is 11.6 Å². The summed E-state index contributed by atoms with van der Waals surface area (Å²) in [5.41, 5.74) is 0.557. The first-order valence-electron chi connectivity index (χ1n) is 4.83. The first-order chi connectivity index (χ1) is 7.25. The van der Waals surface area contributed by atoms with Gasteiger partial charge in [-0.3, -0.25) is 4.79 Å². The lowest BCUT2D eigenvalue weighted by Crippen LogP contribution is -2.32. The lowest BCUT2D eigenvalue weighted by atomic mass is 10.2. The molecule has 0 unspecified atom stereocenters. The Bertz CT molecular complexity index is 395. The second-order valence-corrected chi connectivity index (χ2v) is 3.87. The molecule has 0 fully saturated rings. The van der Waals surface area contributed by atoms with E-state index in [2.05, 4.69) is 22.5 Å². The molecule has 0 bridgehead atoms. The van der Waals surface area contributed by atoms with Gasteiger partial charge in [-0.2, -0.15) is 0 Å². The van der Waals surface area contributed by atoms with Crippen LogP contribution in [0.1, 0.15) is 23.2 Å². The summed E-state index contributed by atoms with van der Waals surface area (Å²) in [6, 6.07) is 3.45. The van der Waals surface area contributed by atoms with E-state index in [0.717, 1.165) is 12.8 Å². The molecule has 0 spiro atoms. The molecule has 1 aromatic rings. The number of pyridine rings is 1. The fourth-order valence-electron chi connectivity index (χ4n) is 1.55. The predicted molar refractivity (Wildman–Crippen MR) is 58.9 cm³/mol. The molecular weight excluding hydrogens is 212 g/mol. The van der Waals surface area contributed by atoms with Crippen LogP contribution in [0.5, 0.6) is 0 Å². The van der Waals surface area contributed by atoms with Gasteiger partial charge in [0.2, 0.25) is 0 Å². The zero-order valence-electron chi connectivity index (χ0n) is 8.11. The zero-order chi connectivity index (χ0) is 10.7. The maximum atomic E-state index is 11.7. The summed E-state index contributed by atoms with van der Waals surface area (Å²) >= 11 is 5.70. The van der Waals surface area contributed by atoms with Crippen molar-refractivity contribution in [3.63, 3.8) is 0 Å². The summed E-state index contributed by atoms with van der Waals surface area (Å²) in [7, 11) is 0. The standard InChI is InChI=1S/C11H11ClN2O/c12-10-7-8(5-6-13-10)11(15)14-9-3-1-2-4-9/h1-2,5-7,9H,3-4H2,(H,14,15). The van der Waals surface area contributed by atoms with E-state index in [9.17, 15) is 4.79 Å². The van der Waals surface area contributed by atoms with Gasteiger partial charge < -0.3 is 5.32 Å². The van der Waals surface area contributed by atoms with E-state index < -0.39 is 0 Å². The van der Waals surface area contributed by atoms with Crippen molar-refractivity contribution in [3.05, 3.63) is 41.2 Å². The van der Waals surface area contributed by atoms with Crippen LogP contribution in [0.15, 0.2) is 30.5 Å². The van der Waals surface area contributed by atoms with E-state index in [4.69, 9.17) is 11.6 Å². The molecule has 1 aromatic heterocycles. The SMILES string of the molecule is O=C(NC1CC=CC1)c1ccnc(Cl)c1. The van der Waals surface area contributed by atoms with Gasteiger partial charge in [0.05, 0.1) is 0 Å². The Morgan fingerprint density at radius 1 is 1.47 bits per heavy atom. The smallest absolute Gasteiger partial charge is 0.251 e. The Morgan fingerprint density at radius 3 is 2.87 bits per heavy atom. The summed E-state index contributed by atoms with van der Waals surface area (Å²) in [4.78, 5) is 15.6. The first kappa shape index (κ1) is 10.2. The number of nitrogens with zero attached hydrogens (tertiary/aromatic N) is 1. The molecule has 0 atom stereocenters. The Morgan fingerprint density at radius 2 is 2.20 bits per heavy atom. The van der Waals surface area contributed by atoms with Gasteiger partial charge >= 0.3 is 0 Å². The summed E-state index contributed by atoms with van der Waals surface area (Å²) in [5.74, 6) is -0.0898. The summed E-state index contributed by atoms with van der Waals surface area (Å²) in [6.45, 7) is 0. The highest BCUT2D eigenvalue weighted by Crippen LogP contribution is 2.11. The molecule has 1 aliphatic rings. The van der Waals surface area contributed by atoms with Gasteiger partial charge in [-0.15, -0.1) is 0 Å². The summed E-state index contributed by atoms with van der Waals surface area (Å²) in [5, 5.41) is 3.27. The quantitative estimate of drug-likeness (QED) is 0.616. The van der Waals surface area contributed by atoms with Crippen molar-refractivity contribution in [2.24, 2.45) is 0 Å². The predicted octanol–water partition coefficient (Wildman–Crippen LogP) is 2.18. The van der Waals surface area contributed by atoms with Crippen molar-refractivity contribution in [1.82, 2.24) is 10.3 Å². The highest BCUT2D eigenvalue weighted by Gasteiger charge is 2.14. The van der Waals surface area contributed by atoms with E-state index in [0.29, 0.717) is 10.7 Å². The van der Waals surface area contributed by atoms with Gasteiger partial charge in [-0.1, -0.05) is 23.8 Å². The third-order valence-electron chi connectivity index (χ3n) is 2.33. The second-order valence-electron chi connectivity index (χ2n) is 3.48. The number of carbonyl (C=O) groups excluding carboxylic acids is 1. The Balaban J connectivity index is 2.01. The maximum Gasteiger partial charge on any atom is 0.251 e. The van der Waals surface area contributed by atoms with E-state index in [1.807, 2.05) is 0 Å². The van der Waals surface area contributed by atoms with Crippen molar-refractivity contribution >= 4 is 17.5 Å². The molecule has 1 amide bonds. The minimum atomic E-state index is -0.0898. The van der Waals surface area contributed by atoms with E-state index >= 15 is 0 Å². The Hall–Kier alpha value is -1.35. The molecule has 0 aliphatic heterocycles. The van der Waals surface area contributed by atoms with Crippen molar-refractivity contribution in [3.8, 4) is 0 Å². The normalized spacial score (nSPS) is 15.5. The molecule has 3 nitrogen and oxygen atoms in total. The number of amides is 1. The highest BCUT2D eigenvalue weighted by atomic mass is 35.5. The molecule has 0 saturated carbocycles. The average Bonchev–Trinajstić information content (AvgIpc) is 2.70. The van der Waals surface area contributed by atoms with Gasteiger partial charge in [-0.25, -0.2) is 4.98 Å². The fraction of sp³-hybridized carbons (Fsp3) is 0.273. The molecule has 15 heavy (non-hydrogen) atoms. The Labute approximate surface area is 93.2 Å². The van der Waals surface area contributed by atoms with Crippen LogP contribution in [0.3, 0.4) is 0 Å². The maximum absolute atomic E-state index is 11.7. The van der Waals surface area contributed by atoms with Crippen molar-refractivity contribution in [1.29, 1.82) is 0 Å². The molecular formula is C11H11ClN2O. The fourth-order valence-corrected chi connectivity index (χ4v) is 1.72. The molecule has 4 heteroatoms. The molecule has 0 radical (unpaired) electrons. The van der Waals surface area contributed by atoms with Crippen molar-refractivity contribution in [2.45, 2.75) is 18.9 Å². The number of nitrogens with one attached hydrogen (secondary N) is 1. The molecule has 2 rings (SSSR count). The lowest BCUT2D eigenvalue weighted by Gasteiger charge is -2.11. The molecule has 0 aromatic carbocycles. The van der Waals surface area contributed by atoms with Crippen LogP contribution in [0.2, 0.25) is 5.15 Å². The summed E-state index contributed by atoms with van der Waals surface area (Å²) < 4.78 is 0. The van der Waals surface area contributed by atoms with Gasteiger partial charge in [-0.05, 0) is 25.0 Å². The number of hydrogen-bond acceptors (Lipinski definition) is 2. The van der Waals surface area contributed by atoms with E-state index in [1.165, 1.54) is 6.20 Å². The number of carbonyl (C=O) groups is 1. The molecule has 1 heterocycles. The Kier molecular flexibility index (Phi) is 3.02. The summed E-state index contributed by atoms with van der Waals surface area (Å²) in [6.07, 6.45) is 7.49. The zero-order valence-corrected chi connectivity index (χ0v) is 8.87. The number of halogens is 1. The van der Waals surface area contributed by atoms with Crippen LogP contribution in [0.25, 0.3) is 0 Å². The van der Waals surface area contributed by atoms with Gasteiger partial charge in [0.15, 0.2) is 0 Å². The highest BCUT2D eigenvalue weighted by molar-refractivity contribution is 6.29. The van der Waals surface area contributed by atoms with Gasteiger partial charge in [0, 0.05) is 17.8 Å².